The molecular weight excluding hydrogens is 298 g/mol. The molecule has 0 aliphatic heterocycles. The molecule has 0 unspecified atom stereocenters. The van der Waals surface area contributed by atoms with Crippen LogP contribution in [0.3, 0.4) is 0 Å². The lowest BCUT2D eigenvalue weighted by molar-refractivity contribution is 0.628. The number of H-pyrrole nitrogens is 1. The maximum Gasteiger partial charge on any atom is 0.126 e. The van der Waals surface area contributed by atoms with Crippen molar-refractivity contribution in [1.29, 1.82) is 0 Å². The van der Waals surface area contributed by atoms with Crippen LogP contribution in [0.2, 0.25) is 10.0 Å². The number of aromatic amines is 1. The Morgan fingerprint density at radius 3 is 2.70 bits per heavy atom. The molecule has 2 aromatic carbocycles. The molecule has 0 aliphatic rings. The van der Waals surface area contributed by atoms with Crippen LogP contribution < -0.4 is 5.32 Å². The second-order valence-corrected chi connectivity index (χ2v) is 5.39. The molecule has 2 nitrogen and oxygen atoms in total. The summed E-state index contributed by atoms with van der Waals surface area (Å²) in [5, 5.41) is 5.31. The summed E-state index contributed by atoms with van der Waals surface area (Å²) in [5.74, 6) is -0.356. The first-order valence-electron chi connectivity index (χ1n) is 6.07. The quantitative estimate of drug-likeness (QED) is 0.681. The lowest BCUT2D eigenvalue weighted by Gasteiger charge is -2.06. The van der Waals surface area contributed by atoms with E-state index in [1.54, 1.807) is 6.07 Å². The fourth-order valence-electron chi connectivity index (χ4n) is 2.16. The normalized spacial score (nSPS) is 10.9. The summed E-state index contributed by atoms with van der Waals surface area (Å²) in [6.07, 6.45) is 1.91. The number of aromatic nitrogens is 1. The third-order valence-corrected chi connectivity index (χ3v) is 3.53. The van der Waals surface area contributed by atoms with Crippen LogP contribution in [0.4, 0.5) is 10.1 Å². The maximum atomic E-state index is 13.2. The van der Waals surface area contributed by atoms with Crippen LogP contribution in [0, 0.1) is 5.82 Å². The lowest BCUT2D eigenvalue weighted by atomic mass is 10.1. The van der Waals surface area contributed by atoms with Gasteiger partial charge in [0.15, 0.2) is 0 Å². The molecule has 0 fully saturated rings. The molecule has 1 aromatic heterocycles. The number of rotatable bonds is 3. The van der Waals surface area contributed by atoms with E-state index in [4.69, 9.17) is 23.2 Å². The van der Waals surface area contributed by atoms with Crippen molar-refractivity contribution < 1.29 is 4.39 Å². The van der Waals surface area contributed by atoms with E-state index in [1.807, 2.05) is 24.4 Å². The number of anilines is 1. The van der Waals surface area contributed by atoms with E-state index in [0.717, 1.165) is 16.5 Å². The van der Waals surface area contributed by atoms with Crippen LogP contribution >= 0.6 is 23.2 Å². The van der Waals surface area contributed by atoms with Crippen molar-refractivity contribution in [2.24, 2.45) is 0 Å². The van der Waals surface area contributed by atoms with E-state index >= 15 is 0 Å². The Kier molecular flexibility index (Phi) is 3.55. The molecule has 5 heteroatoms. The third-order valence-electron chi connectivity index (χ3n) is 3.07. The average molecular weight is 309 g/mol. The maximum absolute atomic E-state index is 13.2. The molecule has 20 heavy (non-hydrogen) atoms. The highest BCUT2D eigenvalue weighted by Gasteiger charge is 2.05. The van der Waals surface area contributed by atoms with E-state index in [-0.39, 0.29) is 5.82 Å². The van der Waals surface area contributed by atoms with Crippen LogP contribution in [0.5, 0.6) is 0 Å². The molecule has 0 bridgehead atoms. The van der Waals surface area contributed by atoms with Crippen LogP contribution in [-0.2, 0) is 6.54 Å². The van der Waals surface area contributed by atoms with Crippen molar-refractivity contribution in [2.75, 3.05) is 5.32 Å². The van der Waals surface area contributed by atoms with E-state index in [1.165, 1.54) is 12.1 Å². The Hall–Kier alpha value is -1.71. The molecule has 0 radical (unpaired) electrons. The minimum Gasteiger partial charge on any atom is -0.381 e. The van der Waals surface area contributed by atoms with Crippen LogP contribution in [0.25, 0.3) is 10.9 Å². The Balaban J connectivity index is 1.83. The zero-order valence-electron chi connectivity index (χ0n) is 10.4. The Morgan fingerprint density at radius 2 is 1.90 bits per heavy atom. The van der Waals surface area contributed by atoms with Gasteiger partial charge in [0, 0.05) is 39.4 Å². The second kappa shape index (κ2) is 5.35. The summed E-state index contributed by atoms with van der Waals surface area (Å²) in [6, 6.07) is 10.1. The SMILES string of the molecule is Fc1cc(Cl)cc(NCc2c[nH]c3cc(Cl)ccc23)c1. The average Bonchev–Trinajstić information content (AvgIpc) is 2.77. The zero-order chi connectivity index (χ0) is 14.1. The number of benzene rings is 2. The monoisotopic (exact) mass is 308 g/mol. The van der Waals surface area contributed by atoms with Crippen LogP contribution in [0.1, 0.15) is 5.56 Å². The molecule has 3 rings (SSSR count). The lowest BCUT2D eigenvalue weighted by Crippen LogP contribution is -1.99. The molecule has 0 atom stereocenters. The van der Waals surface area contributed by atoms with Gasteiger partial charge in [0.25, 0.3) is 0 Å². The van der Waals surface area contributed by atoms with Gasteiger partial charge in [0.2, 0.25) is 0 Å². The Bertz CT molecular complexity index is 747. The van der Waals surface area contributed by atoms with Crippen molar-refractivity contribution in [3.63, 3.8) is 0 Å². The molecule has 0 amide bonds. The van der Waals surface area contributed by atoms with Gasteiger partial charge in [-0.25, -0.2) is 4.39 Å². The molecular formula is C15H11Cl2FN2. The smallest absolute Gasteiger partial charge is 0.126 e. The number of hydrogen-bond donors (Lipinski definition) is 2. The van der Waals surface area contributed by atoms with Gasteiger partial charge < -0.3 is 10.3 Å². The molecule has 2 N–H and O–H groups in total. The standard InChI is InChI=1S/C15H11Cl2FN2/c16-10-1-2-14-9(8-20-15(14)5-10)7-19-13-4-11(17)3-12(18)6-13/h1-6,8,19-20H,7H2. The summed E-state index contributed by atoms with van der Waals surface area (Å²) < 4.78 is 13.2. The highest BCUT2D eigenvalue weighted by atomic mass is 35.5. The van der Waals surface area contributed by atoms with Gasteiger partial charge >= 0.3 is 0 Å². The number of nitrogens with one attached hydrogen (secondary N) is 2. The number of hydrogen-bond acceptors (Lipinski definition) is 1. The first kappa shape index (κ1) is 13.3. The van der Waals surface area contributed by atoms with Crippen molar-refractivity contribution in [1.82, 2.24) is 4.98 Å². The van der Waals surface area contributed by atoms with Gasteiger partial charge in [0.1, 0.15) is 5.82 Å². The van der Waals surface area contributed by atoms with Crippen LogP contribution in [0.15, 0.2) is 42.6 Å². The molecule has 1 heterocycles. The summed E-state index contributed by atoms with van der Waals surface area (Å²) in [4.78, 5) is 3.16. The summed E-state index contributed by atoms with van der Waals surface area (Å²) >= 11 is 11.8. The first-order chi connectivity index (χ1) is 9.61. The first-order valence-corrected chi connectivity index (χ1v) is 6.83. The number of halogens is 3. The highest BCUT2D eigenvalue weighted by molar-refractivity contribution is 6.31. The Morgan fingerprint density at radius 1 is 1.05 bits per heavy atom. The van der Waals surface area contributed by atoms with Crippen molar-refractivity contribution >= 4 is 39.8 Å². The zero-order valence-corrected chi connectivity index (χ0v) is 11.9. The molecule has 0 spiro atoms. The Labute approximate surface area is 125 Å². The summed E-state index contributed by atoms with van der Waals surface area (Å²) in [6.45, 7) is 0.571. The molecule has 0 aliphatic carbocycles. The van der Waals surface area contributed by atoms with Crippen LogP contribution in [-0.4, -0.2) is 4.98 Å². The fraction of sp³-hybridized carbons (Fsp3) is 0.0667. The molecule has 0 saturated heterocycles. The van der Waals surface area contributed by atoms with Crippen molar-refractivity contribution in [3.05, 3.63) is 64.0 Å². The predicted molar refractivity (Wildman–Crippen MR) is 82.0 cm³/mol. The molecule has 0 saturated carbocycles. The summed E-state index contributed by atoms with van der Waals surface area (Å²) in [7, 11) is 0. The highest BCUT2D eigenvalue weighted by Crippen LogP contribution is 2.24. The van der Waals surface area contributed by atoms with Crippen molar-refractivity contribution in [2.45, 2.75) is 6.54 Å². The van der Waals surface area contributed by atoms with E-state index < -0.39 is 0 Å². The van der Waals surface area contributed by atoms with E-state index in [0.29, 0.717) is 22.3 Å². The van der Waals surface area contributed by atoms with Gasteiger partial charge in [0.05, 0.1) is 0 Å². The number of fused-ring (bicyclic) bond motifs is 1. The topological polar surface area (TPSA) is 27.8 Å². The predicted octanol–water partition coefficient (Wildman–Crippen LogP) is 5.23. The second-order valence-electron chi connectivity index (χ2n) is 4.52. The largest absolute Gasteiger partial charge is 0.381 e. The van der Waals surface area contributed by atoms with Crippen molar-refractivity contribution in [3.8, 4) is 0 Å². The third kappa shape index (κ3) is 2.74. The molecule has 102 valence electrons. The van der Waals surface area contributed by atoms with Gasteiger partial charge in [-0.3, -0.25) is 0 Å². The van der Waals surface area contributed by atoms with Gasteiger partial charge in [-0.05, 0) is 35.9 Å². The van der Waals surface area contributed by atoms with E-state index in [2.05, 4.69) is 10.3 Å². The molecule has 3 aromatic rings. The van der Waals surface area contributed by atoms with Gasteiger partial charge in [-0.2, -0.15) is 0 Å². The fourth-order valence-corrected chi connectivity index (χ4v) is 2.55. The van der Waals surface area contributed by atoms with E-state index in [9.17, 15) is 4.39 Å². The minimum absolute atomic E-state index is 0.356. The van der Waals surface area contributed by atoms with Gasteiger partial charge in [-0.15, -0.1) is 0 Å². The summed E-state index contributed by atoms with van der Waals surface area (Å²) in [5.41, 5.74) is 2.71. The minimum atomic E-state index is -0.356. The van der Waals surface area contributed by atoms with Gasteiger partial charge in [-0.1, -0.05) is 29.3 Å².